The van der Waals surface area contributed by atoms with Crippen molar-refractivity contribution < 1.29 is 4.42 Å². The Bertz CT molecular complexity index is 3810. The maximum Gasteiger partial charge on any atom is 0.167 e. The summed E-state index contributed by atoms with van der Waals surface area (Å²) in [6.45, 7) is 0. The summed E-state index contributed by atoms with van der Waals surface area (Å²) in [5.41, 5.74) is 11.0. The van der Waals surface area contributed by atoms with E-state index in [0.29, 0.717) is 17.5 Å². The van der Waals surface area contributed by atoms with Crippen LogP contribution in [0.5, 0.6) is 0 Å². The summed E-state index contributed by atoms with van der Waals surface area (Å²) in [5.74, 6) is 1.77. The molecule has 0 fully saturated rings. The largest absolute Gasteiger partial charge is 0.455 e. The SMILES string of the molecule is c1ccc(-c2nc(-c3ccccc3)nc(-c3cc4ccccc4c4c3oc3ccc(-n5c6ccccc6c6ccc7c(c8ccccc8n7-c7ccccc7)c65)cc34)n2)cc1. The number of rotatable bonds is 5. The van der Waals surface area contributed by atoms with Crippen molar-refractivity contribution in [3.05, 3.63) is 200 Å². The van der Waals surface area contributed by atoms with E-state index in [-0.39, 0.29) is 0 Å². The molecule has 61 heavy (non-hydrogen) atoms. The van der Waals surface area contributed by atoms with Crippen LogP contribution in [0.2, 0.25) is 0 Å². The number of hydrogen-bond donors (Lipinski definition) is 0. The summed E-state index contributed by atoms with van der Waals surface area (Å²) in [6, 6.07) is 70.2. The lowest BCUT2D eigenvalue weighted by Crippen LogP contribution is -2.00. The van der Waals surface area contributed by atoms with Gasteiger partial charge in [0, 0.05) is 54.8 Å². The molecule has 4 aromatic heterocycles. The second-order valence-electron chi connectivity index (χ2n) is 15.6. The van der Waals surface area contributed by atoms with E-state index in [2.05, 4.69) is 149 Å². The third kappa shape index (κ3) is 5.06. The summed E-state index contributed by atoms with van der Waals surface area (Å²) in [4.78, 5) is 15.3. The minimum Gasteiger partial charge on any atom is -0.455 e. The van der Waals surface area contributed by atoms with E-state index in [4.69, 9.17) is 19.4 Å². The van der Waals surface area contributed by atoms with Crippen LogP contribution in [0, 0.1) is 0 Å². The molecule has 0 spiro atoms. The van der Waals surface area contributed by atoms with Gasteiger partial charge in [-0.1, -0.05) is 146 Å². The molecule has 0 saturated heterocycles. The highest BCUT2D eigenvalue weighted by molar-refractivity contribution is 6.27. The Morgan fingerprint density at radius 3 is 1.67 bits per heavy atom. The first-order chi connectivity index (χ1) is 30.3. The van der Waals surface area contributed by atoms with Gasteiger partial charge in [-0.25, -0.2) is 15.0 Å². The van der Waals surface area contributed by atoms with Gasteiger partial charge in [-0.3, -0.25) is 0 Å². The zero-order valence-corrected chi connectivity index (χ0v) is 32.7. The number of hydrogen-bond acceptors (Lipinski definition) is 4. The van der Waals surface area contributed by atoms with E-state index < -0.39 is 0 Å². The van der Waals surface area contributed by atoms with Crippen LogP contribution in [0.3, 0.4) is 0 Å². The highest BCUT2D eigenvalue weighted by Gasteiger charge is 2.24. The average Bonchev–Trinajstić information content (AvgIpc) is 4.00. The second-order valence-corrected chi connectivity index (χ2v) is 15.6. The minimum atomic E-state index is 0.558. The molecule has 6 nitrogen and oxygen atoms in total. The highest BCUT2D eigenvalue weighted by Crippen LogP contribution is 2.45. The monoisotopic (exact) mass is 779 g/mol. The molecular weight excluding hydrogens is 747 g/mol. The van der Waals surface area contributed by atoms with Gasteiger partial charge in [-0.05, 0) is 65.4 Å². The summed E-state index contributed by atoms with van der Waals surface area (Å²) >= 11 is 0. The number of nitrogens with zero attached hydrogens (tertiary/aromatic N) is 5. The highest BCUT2D eigenvalue weighted by atomic mass is 16.3. The molecule has 0 aliphatic rings. The molecule has 0 aliphatic carbocycles. The van der Waals surface area contributed by atoms with Crippen molar-refractivity contribution in [1.29, 1.82) is 0 Å². The van der Waals surface area contributed by atoms with E-state index in [9.17, 15) is 0 Å². The Morgan fingerprint density at radius 1 is 0.361 bits per heavy atom. The first-order valence-electron chi connectivity index (χ1n) is 20.5. The van der Waals surface area contributed by atoms with Crippen molar-refractivity contribution in [3.8, 4) is 45.5 Å². The summed E-state index contributed by atoms with van der Waals surface area (Å²) < 4.78 is 11.8. The van der Waals surface area contributed by atoms with Crippen LogP contribution in [0.1, 0.15) is 0 Å². The molecule has 0 amide bonds. The van der Waals surface area contributed by atoms with Crippen LogP contribution < -0.4 is 0 Å². The lowest BCUT2D eigenvalue weighted by atomic mass is 9.99. The van der Waals surface area contributed by atoms with Crippen LogP contribution in [-0.4, -0.2) is 24.1 Å². The molecule has 0 aliphatic heterocycles. The molecule has 13 aromatic rings. The summed E-state index contributed by atoms with van der Waals surface area (Å²) in [7, 11) is 0. The fourth-order valence-electron chi connectivity index (χ4n) is 9.48. The van der Waals surface area contributed by atoms with E-state index >= 15 is 0 Å². The van der Waals surface area contributed by atoms with Crippen molar-refractivity contribution in [1.82, 2.24) is 24.1 Å². The molecule has 6 heteroatoms. The topological polar surface area (TPSA) is 61.7 Å². The molecule has 0 radical (unpaired) electrons. The maximum absolute atomic E-state index is 6.95. The first kappa shape index (κ1) is 33.6. The minimum absolute atomic E-state index is 0.558. The predicted octanol–water partition coefficient (Wildman–Crippen LogP) is 14.1. The van der Waals surface area contributed by atoms with Gasteiger partial charge < -0.3 is 13.6 Å². The van der Waals surface area contributed by atoms with Gasteiger partial charge in [0.15, 0.2) is 17.5 Å². The Kier molecular flexibility index (Phi) is 7.21. The number of aromatic nitrogens is 5. The van der Waals surface area contributed by atoms with Gasteiger partial charge in [0.05, 0.1) is 27.6 Å². The average molecular weight is 780 g/mol. The van der Waals surface area contributed by atoms with Crippen LogP contribution in [0.25, 0.3) is 122 Å². The Morgan fingerprint density at radius 2 is 0.951 bits per heavy atom. The molecule has 0 atom stereocenters. The molecule has 0 N–H and O–H groups in total. The van der Waals surface area contributed by atoms with Crippen LogP contribution in [0.15, 0.2) is 205 Å². The van der Waals surface area contributed by atoms with Gasteiger partial charge in [-0.2, -0.15) is 0 Å². The van der Waals surface area contributed by atoms with Gasteiger partial charge in [0.1, 0.15) is 11.2 Å². The van der Waals surface area contributed by atoms with Gasteiger partial charge in [0.25, 0.3) is 0 Å². The van der Waals surface area contributed by atoms with E-state index in [1.54, 1.807) is 0 Å². The van der Waals surface area contributed by atoms with E-state index in [0.717, 1.165) is 71.8 Å². The molecule has 13 rings (SSSR count). The maximum atomic E-state index is 6.95. The molecule has 284 valence electrons. The normalized spacial score (nSPS) is 11.9. The van der Waals surface area contributed by atoms with Gasteiger partial charge in [0.2, 0.25) is 0 Å². The Balaban J connectivity index is 1.11. The quantitative estimate of drug-likeness (QED) is 0.175. The van der Waals surface area contributed by atoms with Crippen LogP contribution in [-0.2, 0) is 0 Å². The van der Waals surface area contributed by atoms with Gasteiger partial charge in [-0.15, -0.1) is 0 Å². The Hall–Kier alpha value is -8.35. The van der Waals surface area contributed by atoms with Crippen molar-refractivity contribution in [3.63, 3.8) is 0 Å². The zero-order chi connectivity index (χ0) is 40.0. The number of fused-ring (bicyclic) bond motifs is 12. The lowest BCUT2D eigenvalue weighted by Gasteiger charge is -2.11. The van der Waals surface area contributed by atoms with E-state index in [1.165, 1.54) is 32.6 Å². The van der Waals surface area contributed by atoms with Crippen molar-refractivity contribution in [2.45, 2.75) is 0 Å². The molecule has 0 saturated carbocycles. The standard InChI is InChI=1S/C55H33N5O/c1-4-16-34(17-5-1)53-56-54(35-18-6-2-7-19-35)58-55(57-53)44-32-36-20-10-11-23-39(36)49-43-33-38(28-31-48(43)61-52(44)49)60-45-26-14-12-24-40(45)41-29-30-47-50(51(41)60)42-25-13-15-27-46(42)59(47)37-21-8-3-9-22-37/h1-33H. The fraction of sp³-hybridized carbons (Fsp3) is 0. The molecule has 9 aromatic carbocycles. The Labute approximate surface area is 349 Å². The van der Waals surface area contributed by atoms with Crippen molar-refractivity contribution in [2.24, 2.45) is 0 Å². The number of benzene rings is 9. The zero-order valence-electron chi connectivity index (χ0n) is 32.7. The molecular formula is C55H33N5O. The lowest BCUT2D eigenvalue weighted by molar-refractivity contribution is 0.669. The predicted molar refractivity (Wildman–Crippen MR) is 250 cm³/mol. The number of furan rings is 1. The summed E-state index contributed by atoms with van der Waals surface area (Å²) in [6.07, 6.45) is 0. The summed E-state index contributed by atoms with van der Waals surface area (Å²) in [5, 5.41) is 9.08. The van der Waals surface area contributed by atoms with Gasteiger partial charge >= 0.3 is 0 Å². The molecule has 0 bridgehead atoms. The third-order valence-electron chi connectivity index (χ3n) is 12.1. The van der Waals surface area contributed by atoms with E-state index in [1.807, 2.05) is 60.7 Å². The third-order valence-corrected chi connectivity index (χ3v) is 12.1. The van der Waals surface area contributed by atoms with Crippen molar-refractivity contribution >= 4 is 76.3 Å². The molecule has 0 unspecified atom stereocenters. The van der Waals surface area contributed by atoms with Crippen LogP contribution in [0.4, 0.5) is 0 Å². The second kappa shape index (κ2) is 13.1. The number of para-hydroxylation sites is 3. The van der Waals surface area contributed by atoms with Crippen LogP contribution >= 0.6 is 0 Å². The first-order valence-corrected chi connectivity index (χ1v) is 20.5. The smallest absolute Gasteiger partial charge is 0.167 e. The fourth-order valence-corrected chi connectivity index (χ4v) is 9.48. The molecule has 4 heterocycles. The van der Waals surface area contributed by atoms with Crippen molar-refractivity contribution in [2.75, 3.05) is 0 Å².